The van der Waals surface area contributed by atoms with E-state index in [0.29, 0.717) is 0 Å². The molecule has 1 heterocycles. The molecule has 0 aliphatic carbocycles. The largest absolute Gasteiger partial charge is 0.150 e. The van der Waals surface area contributed by atoms with Crippen molar-refractivity contribution < 1.29 is 0 Å². The zero-order valence-corrected chi connectivity index (χ0v) is 9.81. The standard InChI is InChI=1S/C14H12N3/c1-10-7-8-11(2)14(9-10)17-15-12-5-3-4-6-13(12)16-17/h3-6,8-9H,1-2H3. The van der Waals surface area contributed by atoms with E-state index in [1.54, 1.807) is 4.80 Å². The Kier molecular flexibility index (Phi) is 2.18. The van der Waals surface area contributed by atoms with E-state index in [9.17, 15) is 0 Å². The maximum atomic E-state index is 4.48. The van der Waals surface area contributed by atoms with Crippen molar-refractivity contribution in [2.24, 2.45) is 0 Å². The zero-order chi connectivity index (χ0) is 11.8. The Labute approximate surface area is 99.7 Å². The van der Waals surface area contributed by atoms with E-state index in [1.165, 1.54) is 0 Å². The average molecular weight is 222 g/mol. The van der Waals surface area contributed by atoms with Crippen LogP contribution in [0.4, 0.5) is 0 Å². The fourth-order valence-electron chi connectivity index (χ4n) is 1.84. The molecule has 83 valence electrons. The van der Waals surface area contributed by atoms with Crippen LogP contribution < -0.4 is 0 Å². The molecule has 3 rings (SSSR count). The Bertz CT molecular complexity index is 650. The summed E-state index contributed by atoms with van der Waals surface area (Å²) in [6.45, 7) is 4.06. The van der Waals surface area contributed by atoms with Gasteiger partial charge < -0.3 is 0 Å². The third-order valence-electron chi connectivity index (χ3n) is 2.78. The molecule has 0 spiro atoms. The molecule has 0 unspecified atom stereocenters. The third kappa shape index (κ3) is 1.69. The first-order chi connectivity index (χ1) is 8.24. The SMILES string of the molecule is Cc1[c]cc(C)c(-n2nc3ccccc3n2)c1. The monoisotopic (exact) mass is 222 g/mol. The Morgan fingerprint density at radius 2 is 1.71 bits per heavy atom. The summed E-state index contributed by atoms with van der Waals surface area (Å²) in [5, 5.41) is 8.95. The predicted molar refractivity (Wildman–Crippen MR) is 67.2 cm³/mol. The topological polar surface area (TPSA) is 30.7 Å². The van der Waals surface area contributed by atoms with Crippen LogP contribution >= 0.6 is 0 Å². The second-order valence-electron chi connectivity index (χ2n) is 4.16. The Hall–Kier alpha value is -2.16. The number of hydrogen-bond acceptors (Lipinski definition) is 2. The molecule has 1 radical (unpaired) electrons. The van der Waals surface area contributed by atoms with Crippen LogP contribution in [0.15, 0.2) is 36.4 Å². The Morgan fingerprint density at radius 1 is 1.06 bits per heavy atom. The molecule has 17 heavy (non-hydrogen) atoms. The molecular formula is C14H12N3. The van der Waals surface area contributed by atoms with E-state index < -0.39 is 0 Å². The zero-order valence-electron chi connectivity index (χ0n) is 9.81. The molecule has 3 aromatic rings. The van der Waals surface area contributed by atoms with Gasteiger partial charge in [0, 0.05) is 0 Å². The molecule has 0 bridgehead atoms. The van der Waals surface area contributed by atoms with E-state index in [-0.39, 0.29) is 0 Å². The molecule has 0 aliphatic rings. The first-order valence-electron chi connectivity index (χ1n) is 5.55. The number of nitrogens with zero attached hydrogens (tertiary/aromatic N) is 3. The van der Waals surface area contributed by atoms with Gasteiger partial charge in [-0.2, -0.15) is 4.80 Å². The molecule has 0 fully saturated rings. The van der Waals surface area contributed by atoms with E-state index in [0.717, 1.165) is 27.8 Å². The van der Waals surface area contributed by atoms with Gasteiger partial charge in [-0.25, -0.2) is 0 Å². The first kappa shape index (κ1) is 10.0. The summed E-state index contributed by atoms with van der Waals surface area (Å²) < 4.78 is 0. The van der Waals surface area contributed by atoms with Gasteiger partial charge >= 0.3 is 0 Å². The Balaban J connectivity index is 2.23. The van der Waals surface area contributed by atoms with Gasteiger partial charge in [0.25, 0.3) is 0 Å². The predicted octanol–water partition coefficient (Wildman–Crippen LogP) is 2.84. The summed E-state index contributed by atoms with van der Waals surface area (Å²) in [6, 6.07) is 15.1. The summed E-state index contributed by atoms with van der Waals surface area (Å²) in [7, 11) is 0. The molecule has 2 aromatic carbocycles. The van der Waals surface area contributed by atoms with Gasteiger partial charge in [-0.15, -0.1) is 10.2 Å². The van der Waals surface area contributed by atoms with Crippen LogP contribution in [0.25, 0.3) is 16.7 Å². The highest BCUT2D eigenvalue weighted by Gasteiger charge is 2.06. The van der Waals surface area contributed by atoms with E-state index in [2.05, 4.69) is 16.3 Å². The van der Waals surface area contributed by atoms with Gasteiger partial charge in [0.15, 0.2) is 0 Å². The molecule has 0 aliphatic heterocycles. The van der Waals surface area contributed by atoms with Crippen molar-refractivity contribution in [2.45, 2.75) is 13.8 Å². The van der Waals surface area contributed by atoms with Gasteiger partial charge in [-0.05, 0) is 55.3 Å². The first-order valence-corrected chi connectivity index (χ1v) is 5.55. The highest BCUT2D eigenvalue weighted by atomic mass is 15.5. The van der Waals surface area contributed by atoms with Crippen LogP contribution in [0, 0.1) is 19.9 Å². The van der Waals surface area contributed by atoms with Gasteiger partial charge in [0.1, 0.15) is 11.0 Å². The van der Waals surface area contributed by atoms with Crippen LogP contribution in [0.1, 0.15) is 11.1 Å². The second-order valence-corrected chi connectivity index (χ2v) is 4.16. The fraction of sp³-hybridized carbons (Fsp3) is 0.143. The lowest BCUT2D eigenvalue weighted by molar-refractivity contribution is 0.759. The number of hydrogen-bond donors (Lipinski definition) is 0. The van der Waals surface area contributed by atoms with Crippen LogP contribution in [-0.2, 0) is 0 Å². The number of aromatic nitrogens is 3. The molecule has 0 amide bonds. The highest BCUT2D eigenvalue weighted by molar-refractivity contribution is 5.73. The lowest BCUT2D eigenvalue weighted by Gasteiger charge is -2.04. The lowest BCUT2D eigenvalue weighted by atomic mass is 10.1. The van der Waals surface area contributed by atoms with Crippen LogP contribution in [-0.4, -0.2) is 15.0 Å². The molecule has 1 aromatic heterocycles. The molecule has 0 atom stereocenters. The minimum atomic E-state index is 0.914. The van der Waals surface area contributed by atoms with Crippen molar-refractivity contribution >= 4 is 11.0 Å². The van der Waals surface area contributed by atoms with Gasteiger partial charge in [0.2, 0.25) is 0 Å². The van der Waals surface area contributed by atoms with E-state index in [4.69, 9.17) is 0 Å². The summed E-state index contributed by atoms with van der Waals surface area (Å²) in [5.41, 5.74) is 5.05. The molecule has 3 nitrogen and oxygen atoms in total. The minimum Gasteiger partial charge on any atom is -0.150 e. The molecular weight excluding hydrogens is 210 g/mol. The third-order valence-corrected chi connectivity index (χ3v) is 2.78. The normalized spacial score (nSPS) is 10.9. The van der Waals surface area contributed by atoms with Crippen molar-refractivity contribution in [2.75, 3.05) is 0 Å². The van der Waals surface area contributed by atoms with E-state index >= 15 is 0 Å². The van der Waals surface area contributed by atoms with Crippen molar-refractivity contribution in [3.8, 4) is 5.69 Å². The number of fused-ring (bicyclic) bond motifs is 1. The fourth-order valence-corrected chi connectivity index (χ4v) is 1.84. The van der Waals surface area contributed by atoms with Gasteiger partial charge in [-0.1, -0.05) is 12.1 Å². The van der Waals surface area contributed by atoms with Crippen LogP contribution in [0.2, 0.25) is 0 Å². The number of benzene rings is 2. The quantitative estimate of drug-likeness (QED) is 0.634. The van der Waals surface area contributed by atoms with Crippen LogP contribution in [0.3, 0.4) is 0 Å². The molecule has 0 saturated carbocycles. The lowest BCUT2D eigenvalue weighted by Crippen LogP contribution is -2.01. The summed E-state index contributed by atoms with van der Waals surface area (Å²) >= 11 is 0. The maximum Gasteiger partial charge on any atom is 0.113 e. The van der Waals surface area contributed by atoms with Gasteiger partial charge in [0.05, 0.1) is 5.69 Å². The van der Waals surface area contributed by atoms with Crippen LogP contribution in [0.5, 0.6) is 0 Å². The second kappa shape index (κ2) is 3.70. The highest BCUT2D eigenvalue weighted by Crippen LogP contribution is 2.16. The van der Waals surface area contributed by atoms with Gasteiger partial charge in [-0.3, -0.25) is 0 Å². The molecule has 0 N–H and O–H groups in total. The molecule has 3 heteroatoms. The average Bonchev–Trinajstić information content (AvgIpc) is 2.75. The van der Waals surface area contributed by atoms with Crippen molar-refractivity contribution in [1.29, 1.82) is 0 Å². The number of aryl methyl sites for hydroxylation is 2. The summed E-state index contributed by atoms with van der Waals surface area (Å²) in [5.74, 6) is 0. The molecule has 0 saturated heterocycles. The van der Waals surface area contributed by atoms with Crippen molar-refractivity contribution in [1.82, 2.24) is 15.0 Å². The summed E-state index contributed by atoms with van der Waals surface area (Å²) in [6.07, 6.45) is 0. The Morgan fingerprint density at radius 3 is 2.35 bits per heavy atom. The minimum absolute atomic E-state index is 0.914. The van der Waals surface area contributed by atoms with E-state index in [1.807, 2.05) is 50.2 Å². The summed E-state index contributed by atoms with van der Waals surface area (Å²) in [4.78, 5) is 1.70. The smallest absolute Gasteiger partial charge is 0.113 e. The van der Waals surface area contributed by atoms with Crippen molar-refractivity contribution in [3.63, 3.8) is 0 Å². The number of rotatable bonds is 1. The maximum absolute atomic E-state index is 4.48. The van der Waals surface area contributed by atoms with Crippen molar-refractivity contribution in [3.05, 3.63) is 53.6 Å².